The Kier molecular flexibility index (Phi) is 5.81. The van der Waals surface area contributed by atoms with Crippen LogP contribution in [-0.2, 0) is 27.8 Å². The molecule has 0 bridgehead atoms. The van der Waals surface area contributed by atoms with E-state index >= 15 is 0 Å². The number of benzene rings is 2. The second-order valence-corrected chi connectivity index (χ2v) is 8.25. The van der Waals surface area contributed by atoms with Crippen molar-refractivity contribution in [2.75, 3.05) is 6.54 Å². The standard InChI is InChI=1S/C20H21FN2O4S/c1-14-17(10-12-22-28(26,27)16-8-6-15(21)7-9-16)18-4-2-3-5-19(18)23(14)13-11-20(24)25/h2-9,22H,10-13H2,1H3,(H,24,25). The van der Waals surface area contributed by atoms with Gasteiger partial charge in [-0.25, -0.2) is 17.5 Å². The first kappa shape index (κ1) is 20.0. The van der Waals surface area contributed by atoms with Gasteiger partial charge in [-0.2, -0.15) is 0 Å². The van der Waals surface area contributed by atoms with Gasteiger partial charge in [-0.05, 0) is 49.2 Å². The van der Waals surface area contributed by atoms with Crippen LogP contribution in [0, 0.1) is 12.7 Å². The molecule has 0 spiro atoms. The second kappa shape index (κ2) is 8.12. The number of fused-ring (bicyclic) bond motifs is 1. The zero-order chi connectivity index (χ0) is 20.3. The number of halogens is 1. The molecule has 0 unspecified atom stereocenters. The number of para-hydroxylation sites is 1. The highest BCUT2D eigenvalue weighted by Crippen LogP contribution is 2.26. The van der Waals surface area contributed by atoms with E-state index < -0.39 is 21.8 Å². The number of sulfonamides is 1. The lowest BCUT2D eigenvalue weighted by molar-refractivity contribution is -0.137. The Morgan fingerprint density at radius 1 is 1.14 bits per heavy atom. The van der Waals surface area contributed by atoms with E-state index in [-0.39, 0.29) is 17.9 Å². The molecule has 0 radical (unpaired) electrons. The monoisotopic (exact) mass is 404 g/mol. The lowest BCUT2D eigenvalue weighted by Crippen LogP contribution is -2.26. The summed E-state index contributed by atoms with van der Waals surface area (Å²) in [5.74, 6) is -1.37. The number of aryl methyl sites for hydroxylation is 1. The van der Waals surface area contributed by atoms with E-state index in [2.05, 4.69) is 4.72 Å². The summed E-state index contributed by atoms with van der Waals surface area (Å²) in [6.45, 7) is 2.43. The van der Waals surface area contributed by atoms with Crippen LogP contribution < -0.4 is 4.72 Å². The number of aromatic nitrogens is 1. The maximum Gasteiger partial charge on any atom is 0.305 e. The van der Waals surface area contributed by atoms with E-state index in [0.29, 0.717) is 13.0 Å². The van der Waals surface area contributed by atoms with Gasteiger partial charge in [0.25, 0.3) is 0 Å². The lowest BCUT2D eigenvalue weighted by atomic mass is 10.1. The first-order chi connectivity index (χ1) is 13.3. The highest BCUT2D eigenvalue weighted by Gasteiger charge is 2.17. The van der Waals surface area contributed by atoms with Crippen molar-refractivity contribution in [1.29, 1.82) is 0 Å². The number of rotatable bonds is 8. The highest BCUT2D eigenvalue weighted by molar-refractivity contribution is 7.89. The summed E-state index contributed by atoms with van der Waals surface area (Å²) in [6.07, 6.45) is 0.461. The first-order valence-corrected chi connectivity index (χ1v) is 10.3. The number of nitrogens with zero attached hydrogens (tertiary/aromatic N) is 1. The summed E-state index contributed by atoms with van der Waals surface area (Å²) in [5.41, 5.74) is 2.82. The smallest absolute Gasteiger partial charge is 0.305 e. The summed E-state index contributed by atoms with van der Waals surface area (Å²) >= 11 is 0. The molecule has 0 atom stereocenters. The molecule has 0 aliphatic rings. The summed E-state index contributed by atoms with van der Waals surface area (Å²) in [5, 5.41) is 9.97. The van der Waals surface area contributed by atoms with Crippen molar-refractivity contribution < 1.29 is 22.7 Å². The molecule has 1 heterocycles. The second-order valence-electron chi connectivity index (χ2n) is 6.48. The first-order valence-electron chi connectivity index (χ1n) is 8.83. The maximum absolute atomic E-state index is 13.0. The molecule has 0 fully saturated rings. The number of hydrogen-bond donors (Lipinski definition) is 2. The van der Waals surface area contributed by atoms with Crippen molar-refractivity contribution in [1.82, 2.24) is 9.29 Å². The van der Waals surface area contributed by atoms with Crippen molar-refractivity contribution in [3.05, 3.63) is 65.6 Å². The van der Waals surface area contributed by atoms with Gasteiger partial charge in [-0.15, -0.1) is 0 Å². The molecule has 3 rings (SSSR count). The molecule has 1 aromatic heterocycles. The van der Waals surface area contributed by atoms with Gasteiger partial charge in [0.05, 0.1) is 11.3 Å². The molecule has 28 heavy (non-hydrogen) atoms. The van der Waals surface area contributed by atoms with Gasteiger partial charge in [0, 0.05) is 29.7 Å². The summed E-state index contributed by atoms with van der Waals surface area (Å²) in [4.78, 5) is 11.0. The third-order valence-corrected chi connectivity index (χ3v) is 6.18. The van der Waals surface area contributed by atoms with Crippen LogP contribution in [0.2, 0.25) is 0 Å². The van der Waals surface area contributed by atoms with Crippen molar-refractivity contribution in [3.63, 3.8) is 0 Å². The van der Waals surface area contributed by atoms with E-state index in [1.54, 1.807) is 0 Å². The van der Waals surface area contributed by atoms with Gasteiger partial charge in [-0.1, -0.05) is 18.2 Å². The fourth-order valence-electron chi connectivity index (χ4n) is 3.32. The Bertz CT molecular complexity index is 1110. The van der Waals surface area contributed by atoms with Crippen LogP contribution in [-0.4, -0.2) is 30.6 Å². The average Bonchev–Trinajstić information content (AvgIpc) is 2.92. The van der Waals surface area contributed by atoms with Crippen molar-refractivity contribution in [2.45, 2.75) is 31.2 Å². The van der Waals surface area contributed by atoms with Crippen LogP contribution in [0.1, 0.15) is 17.7 Å². The Morgan fingerprint density at radius 3 is 2.50 bits per heavy atom. The van der Waals surface area contributed by atoms with E-state index in [4.69, 9.17) is 5.11 Å². The van der Waals surface area contributed by atoms with Gasteiger partial charge in [-0.3, -0.25) is 4.79 Å². The van der Waals surface area contributed by atoms with Crippen LogP contribution in [0.3, 0.4) is 0 Å². The largest absolute Gasteiger partial charge is 0.481 e. The van der Waals surface area contributed by atoms with Crippen LogP contribution in [0.4, 0.5) is 4.39 Å². The topological polar surface area (TPSA) is 88.4 Å². The third-order valence-electron chi connectivity index (χ3n) is 4.70. The van der Waals surface area contributed by atoms with Crippen molar-refractivity contribution in [2.24, 2.45) is 0 Å². The fraction of sp³-hybridized carbons (Fsp3) is 0.250. The number of carboxylic acids is 1. The highest BCUT2D eigenvalue weighted by atomic mass is 32.2. The molecule has 6 nitrogen and oxygen atoms in total. The van der Waals surface area contributed by atoms with Gasteiger partial charge < -0.3 is 9.67 Å². The predicted octanol–water partition coefficient (Wildman–Crippen LogP) is 3.08. The van der Waals surface area contributed by atoms with Crippen LogP contribution in [0.25, 0.3) is 10.9 Å². The molecule has 0 aliphatic carbocycles. The Morgan fingerprint density at radius 2 is 1.82 bits per heavy atom. The van der Waals surface area contributed by atoms with Gasteiger partial charge >= 0.3 is 5.97 Å². The molecule has 0 amide bonds. The molecule has 2 aromatic carbocycles. The molecule has 3 aromatic rings. The van der Waals surface area contributed by atoms with Gasteiger partial charge in [0.2, 0.25) is 10.0 Å². The minimum Gasteiger partial charge on any atom is -0.481 e. The van der Waals surface area contributed by atoms with Crippen LogP contribution >= 0.6 is 0 Å². The average molecular weight is 404 g/mol. The zero-order valence-corrected chi connectivity index (χ0v) is 16.2. The maximum atomic E-state index is 13.0. The number of carboxylic acid groups (broad SMARTS) is 1. The molecule has 0 saturated carbocycles. The molecule has 0 aliphatic heterocycles. The van der Waals surface area contributed by atoms with Crippen molar-refractivity contribution >= 4 is 26.9 Å². The molecule has 0 saturated heterocycles. The number of nitrogens with one attached hydrogen (secondary N) is 1. The van der Waals surface area contributed by atoms with E-state index in [1.165, 1.54) is 12.1 Å². The minimum absolute atomic E-state index is 0.00880. The van der Waals surface area contributed by atoms with Crippen molar-refractivity contribution in [3.8, 4) is 0 Å². The van der Waals surface area contributed by atoms with E-state index in [1.807, 2.05) is 35.8 Å². The van der Waals surface area contributed by atoms with Gasteiger partial charge in [0.15, 0.2) is 0 Å². The quantitative estimate of drug-likeness (QED) is 0.604. The van der Waals surface area contributed by atoms with Crippen LogP contribution in [0.5, 0.6) is 0 Å². The molecule has 2 N–H and O–H groups in total. The molecular weight excluding hydrogens is 383 g/mol. The molecule has 8 heteroatoms. The Labute approximate surface area is 162 Å². The minimum atomic E-state index is -3.73. The normalized spacial score (nSPS) is 11.8. The van der Waals surface area contributed by atoms with E-state index in [9.17, 15) is 17.6 Å². The van der Waals surface area contributed by atoms with Crippen LogP contribution in [0.15, 0.2) is 53.4 Å². The predicted molar refractivity (Wildman–Crippen MR) is 104 cm³/mol. The molecule has 148 valence electrons. The number of hydrogen-bond acceptors (Lipinski definition) is 3. The summed E-state index contributed by atoms with van der Waals surface area (Å²) in [6, 6.07) is 12.3. The van der Waals surface area contributed by atoms with E-state index in [0.717, 1.165) is 34.3 Å². The Hall–Kier alpha value is -2.71. The summed E-state index contributed by atoms with van der Waals surface area (Å²) in [7, 11) is -3.73. The van der Waals surface area contributed by atoms with Gasteiger partial charge in [0.1, 0.15) is 5.82 Å². The Balaban J connectivity index is 1.80. The molecular formula is C20H21FN2O4S. The summed E-state index contributed by atoms with van der Waals surface area (Å²) < 4.78 is 42.2. The lowest BCUT2D eigenvalue weighted by Gasteiger charge is -2.08. The fourth-order valence-corrected chi connectivity index (χ4v) is 4.35. The number of aliphatic carboxylic acids is 1. The SMILES string of the molecule is Cc1c(CCNS(=O)(=O)c2ccc(F)cc2)c2ccccc2n1CCC(=O)O. The number of carbonyl (C=O) groups is 1. The zero-order valence-electron chi connectivity index (χ0n) is 15.4. The third kappa shape index (κ3) is 4.23.